The summed E-state index contributed by atoms with van der Waals surface area (Å²) in [6.45, 7) is 0.365. The van der Waals surface area contributed by atoms with Crippen molar-refractivity contribution in [2.24, 2.45) is 7.05 Å². The number of aromatic nitrogens is 2. The first kappa shape index (κ1) is 13.9. The fourth-order valence-electron chi connectivity index (χ4n) is 2.81. The third kappa shape index (κ3) is 2.71. The van der Waals surface area contributed by atoms with Gasteiger partial charge in [-0.3, -0.25) is 9.48 Å². The number of hydrogen-bond donors (Lipinski definition) is 1. The largest absolute Gasteiger partial charge is 0.453 e. The van der Waals surface area contributed by atoms with E-state index in [0.717, 1.165) is 24.8 Å². The SMILES string of the molecule is COCc1ccc(C(=O)NC2CCCc3c2cnn3C)o1. The van der Waals surface area contributed by atoms with Gasteiger partial charge in [0.15, 0.2) is 5.76 Å². The molecular formula is C15H19N3O3. The molecule has 0 aliphatic heterocycles. The summed E-state index contributed by atoms with van der Waals surface area (Å²) in [6.07, 6.45) is 4.83. The van der Waals surface area contributed by atoms with Crippen LogP contribution in [-0.4, -0.2) is 22.8 Å². The first-order chi connectivity index (χ1) is 10.2. The summed E-state index contributed by atoms with van der Waals surface area (Å²) in [7, 11) is 3.53. The highest BCUT2D eigenvalue weighted by Crippen LogP contribution is 2.29. The zero-order valence-corrected chi connectivity index (χ0v) is 12.3. The molecule has 0 bridgehead atoms. The van der Waals surface area contributed by atoms with Gasteiger partial charge in [-0.25, -0.2) is 0 Å². The molecule has 1 aliphatic rings. The Labute approximate surface area is 123 Å². The van der Waals surface area contributed by atoms with Crippen molar-refractivity contribution in [3.8, 4) is 0 Å². The third-order valence-corrected chi connectivity index (χ3v) is 3.85. The molecular weight excluding hydrogens is 270 g/mol. The molecule has 112 valence electrons. The van der Waals surface area contributed by atoms with Crippen LogP contribution in [-0.2, 0) is 24.8 Å². The van der Waals surface area contributed by atoms with E-state index < -0.39 is 0 Å². The number of ether oxygens (including phenoxy) is 1. The zero-order chi connectivity index (χ0) is 14.8. The smallest absolute Gasteiger partial charge is 0.287 e. The summed E-state index contributed by atoms with van der Waals surface area (Å²) in [5.41, 5.74) is 2.31. The predicted octanol–water partition coefficient (Wildman–Crippen LogP) is 1.97. The van der Waals surface area contributed by atoms with Crippen LogP contribution >= 0.6 is 0 Å². The number of hydrogen-bond acceptors (Lipinski definition) is 4. The standard InChI is InChI=1S/C15H19N3O3/c1-18-13-5-3-4-12(11(13)8-16-18)17-15(19)14-7-6-10(21-14)9-20-2/h6-8,12H,3-5,9H2,1-2H3,(H,17,19). The maximum absolute atomic E-state index is 12.3. The number of rotatable bonds is 4. The summed E-state index contributed by atoms with van der Waals surface area (Å²) in [6, 6.07) is 3.44. The minimum Gasteiger partial charge on any atom is -0.453 e. The minimum absolute atomic E-state index is 0.00549. The van der Waals surface area contributed by atoms with Gasteiger partial charge in [-0.15, -0.1) is 0 Å². The first-order valence-electron chi connectivity index (χ1n) is 7.08. The Morgan fingerprint density at radius 1 is 1.57 bits per heavy atom. The fourth-order valence-corrected chi connectivity index (χ4v) is 2.81. The van der Waals surface area contributed by atoms with Gasteiger partial charge in [-0.1, -0.05) is 0 Å². The molecule has 0 radical (unpaired) electrons. The maximum atomic E-state index is 12.3. The fraction of sp³-hybridized carbons (Fsp3) is 0.467. The molecule has 0 saturated heterocycles. The van der Waals surface area contributed by atoms with E-state index in [1.807, 2.05) is 17.9 Å². The van der Waals surface area contributed by atoms with Crippen LogP contribution in [0.5, 0.6) is 0 Å². The minimum atomic E-state index is -0.195. The summed E-state index contributed by atoms with van der Waals surface area (Å²) in [5, 5.41) is 7.32. The van der Waals surface area contributed by atoms with Crippen molar-refractivity contribution in [2.75, 3.05) is 7.11 Å². The van der Waals surface area contributed by atoms with Crippen molar-refractivity contribution in [1.29, 1.82) is 0 Å². The van der Waals surface area contributed by atoms with Gasteiger partial charge in [0.25, 0.3) is 5.91 Å². The number of fused-ring (bicyclic) bond motifs is 1. The van der Waals surface area contributed by atoms with E-state index in [1.54, 1.807) is 19.2 Å². The molecule has 0 saturated carbocycles. The molecule has 1 aliphatic carbocycles. The Morgan fingerprint density at radius 3 is 3.24 bits per heavy atom. The number of furan rings is 1. The van der Waals surface area contributed by atoms with Gasteiger partial charge in [0, 0.05) is 25.4 Å². The van der Waals surface area contributed by atoms with Crippen LogP contribution in [0.2, 0.25) is 0 Å². The molecule has 6 nitrogen and oxygen atoms in total. The second kappa shape index (κ2) is 5.73. The summed E-state index contributed by atoms with van der Waals surface area (Å²) < 4.78 is 12.3. The first-order valence-corrected chi connectivity index (χ1v) is 7.08. The van der Waals surface area contributed by atoms with Gasteiger partial charge >= 0.3 is 0 Å². The molecule has 1 N–H and O–H groups in total. The Kier molecular flexibility index (Phi) is 3.79. The molecule has 2 heterocycles. The van der Waals surface area contributed by atoms with Crippen molar-refractivity contribution in [1.82, 2.24) is 15.1 Å². The van der Waals surface area contributed by atoms with Crippen LogP contribution in [0.15, 0.2) is 22.7 Å². The summed E-state index contributed by atoms with van der Waals surface area (Å²) >= 11 is 0. The van der Waals surface area contributed by atoms with Gasteiger partial charge < -0.3 is 14.5 Å². The number of carbonyl (C=O) groups excluding carboxylic acids is 1. The Balaban J connectivity index is 1.73. The number of amides is 1. The molecule has 2 aromatic heterocycles. The Morgan fingerprint density at radius 2 is 2.43 bits per heavy atom. The lowest BCUT2D eigenvalue weighted by atomic mass is 9.93. The van der Waals surface area contributed by atoms with Crippen molar-refractivity contribution in [3.05, 3.63) is 41.1 Å². The molecule has 0 fully saturated rings. The number of nitrogens with one attached hydrogen (secondary N) is 1. The molecule has 0 spiro atoms. The van der Waals surface area contributed by atoms with Gasteiger partial charge in [-0.05, 0) is 31.4 Å². The van der Waals surface area contributed by atoms with E-state index in [1.165, 1.54) is 5.69 Å². The van der Waals surface area contributed by atoms with E-state index in [0.29, 0.717) is 18.1 Å². The number of nitrogens with zero attached hydrogens (tertiary/aromatic N) is 2. The molecule has 1 atom stereocenters. The van der Waals surface area contributed by atoms with Crippen LogP contribution in [0, 0.1) is 0 Å². The van der Waals surface area contributed by atoms with Gasteiger partial charge in [0.1, 0.15) is 12.4 Å². The van der Waals surface area contributed by atoms with E-state index in [9.17, 15) is 4.79 Å². The highest BCUT2D eigenvalue weighted by atomic mass is 16.5. The molecule has 1 amide bonds. The highest BCUT2D eigenvalue weighted by molar-refractivity contribution is 5.91. The van der Waals surface area contributed by atoms with E-state index in [-0.39, 0.29) is 11.9 Å². The monoisotopic (exact) mass is 289 g/mol. The Hall–Kier alpha value is -2.08. The van der Waals surface area contributed by atoms with Crippen molar-refractivity contribution >= 4 is 5.91 Å². The zero-order valence-electron chi connectivity index (χ0n) is 12.3. The van der Waals surface area contributed by atoms with Gasteiger partial charge in [0.2, 0.25) is 0 Å². The lowest BCUT2D eigenvalue weighted by molar-refractivity contribution is 0.0896. The molecule has 6 heteroatoms. The number of carbonyl (C=O) groups is 1. The lowest BCUT2D eigenvalue weighted by Crippen LogP contribution is -2.30. The quantitative estimate of drug-likeness (QED) is 0.934. The van der Waals surface area contributed by atoms with E-state index >= 15 is 0 Å². The van der Waals surface area contributed by atoms with Crippen LogP contribution in [0.25, 0.3) is 0 Å². The molecule has 3 rings (SSSR count). The number of methoxy groups -OCH3 is 1. The second-order valence-electron chi connectivity index (χ2n) is 5.29. The lowest BCUT2D eigenvalue weighted by Gasteiger charge is -2.23. The van der Waals surface area contributed by atoms with Gasteiger partial charge in [-0.2, -0.15) is 5.10 Å². The van der Waals surface area contributed by atoms with E-state index in [2.05, 4.69) is 10.4 Å². The molecule has 21 heavy (non-hydrogen) atoms. The molecule has 2 aromatic rings. The maximum Gasteiger partial charge on any atom is 0.287 e. The van der Waals surface area contributed by atoms with Crippen LogP contribution < -0.4 is 5.32 Å². The van der Waals surface area contributed by atoms with E-state index in [4.69, 9.17) is 9.15 Å². The van der Waals surface area contributed by atoms with Crippen LogP contribution in [0.4, 0.5) is 0 Å². The van der Waals surface area contributed by atoms with Crippen molar-refractivity contribution in [3.63, 3.8) is 0 Å². The van der Waals surface area contributed by atoms with Gasteiger partial charge in [0.05, 0.1) is 12.2 Å². The van der Waals surface area contributed by atoms with Crippen LogP contribution in [0.1, 0.15) is 46.5 Å². The van der Waals surface area contributed by atoms with Crippen molar-refractivity contribution < 1.29 is 13.9 Å². The average molecular weight is 289 g/mol. The number of aryl methyl sites for hydroxylation is 1. The molecule has 1 unspecified atom stereocenters. The third-order valence-electron chi connectivity index (χ3n) is 3.85. The Bertz CT molecular complexity index is 644. The van der Waals surface area contributed by atoms with Crippen LogP contribution in [0.3, 0.4) is 0 Å². The second-order valence-corrected chi connectivity index (χ2v) is 5.29. The summed E-state index contributed by atoms with van der Waals surface area (Å²) in [5.74, 6) is 0.769. The topological polar surface area (TPSA) is 69.3 Å². The predicted molar refractivity (Wildman–Crippen MR) is 75.8 cm³/mol. The molecule has 0 aromatic carbocycles. The normalized spacial score (nSPS) is 17.5. The average Bonchev–Trinajstić information content (AvgIpc) is 3.08. The highest BCUT2D eigenvalue weighted by Gasteiger charge is 2.25. The summed E-state index contributed by atoms with van der Waals surface area (Å²) in [4.78, 5) is 12.3. The van der Waals surface area contributed by atoms with Crippen molar-refractivity contribution in [2.45, 2.75) is 31.9 Å².